The molecule has 1 saturated heterocycles. The van der Waals surface area contributed by atoms with Crippen molar-refractivity contribution in [3.63, 3.8) is 0 Å². The van der Waals surface area contributed by atoms with Crippen LogP contribution in [0.25, 0.3) is 0 Å². The zero-order chi connectivity index (χ0) is 13.9. The van der Waals surface area contributed by atoms with Gasteiger partial charge in [0, 0.05) is 12.7 Å². The molecule has 0 N–H and O–H groups in total. The number of pyridine rings is 1. The molecule has 1 aliphatic heterocycles. The van der Waals surface area contributed by atoms with Crippen molar-refractivity contribution in [2.45, 2.75) is 40.2 Å². The summed E-state index contributed by atoms with van der Waals surface area (Å²) in [6.45, 7) is 10.3. The van der Waals surface area contributed by atoms with Crippen molar-refractivity contribution < 1.29 is 0 Å². The molecule has 1 aromatic heterocycles. The highest BCUT2D eigenvalue weighted by atomic mass is 15.1. The molecule has 1 aromatic rings. The van der Waals surface area contributed by atoms with Crippen molar-refractivity contribution in [1.82, 2.24) is 9.88 Å². The fourth-order valence-corrected chi connectivity index (χ4v) is 2.85. The molecule has 3 nitrogen and oxygen atoms in total. The van der Waals surface area contributed by atoms with Gasteiger partial charge in [-0.05, 0) is 55.0 Å². The van der Waals surface area contributed by atoms with Crippen LogP contribution in [-0.2, 0) is 6.54 Å². The number of aromatic nitrogens is 1. The summed E-state index contributed by atoms with van der Waals surface area (Å²) in [5.41, 5.74) is 2.14. The van der Waals surface area contributed by atoms with E-state index in [2.05, 4.69) is 36.7 Å². The third-order valence-electron chi connectivity index (χ3n) is 4.16. The summed E-state index contributed by atoms with van der Waals surface area (Å²) < 4.78 is 0. The minimum atomic E-state index is 0.427. The van der Waals surface area contributed by atoms with Gasteiger partial charge in [0.05, 0.1) is 0 Å². The highest BCUT2D eigenvalue weighted by Crippen LogP contribution is 2.34. The van der Waals surface area contributed by atoms with Crippen LogP contribution in [-0.4, -0.2) is 23.0 Å². The van der Waals surface area contributed by atoms with Crippen LogP contribution in [0.5, 0.6) is 0 Å². The Hall–Kier alpha value is -1.40. The highest BCUT2D eigenvalue weighted by molar-refractivity contribution is 5.25. The van der Waals surface area contributed by atoms with Crippen molar-refractivity contribution in [2.75, 3.05) is 13.1 Å². The second-order valence-corrected chi connectivity index (χ2v) is 6.58. The van der Waals surface area contributed by atoms with Crippen LogP contribution >= 0.6 is 0 Å². The van der Waals surface area contributed by atoms with Crippen LogP contribution in [0.15, 0.2) is 18.3 Å². The molecule has 0 aliphatic carbocycles. The quantitative estimate of drug-likeness (QED) is 0.816. The molecule has 1 fully saturated rings. The molecule has 0 unspecified atom stereocenters. The van der Waals surface area contributed by atoms with Gasteiger partial charge in [0.25, 0.3) is 0 Å². The van der Waals surface area contributed by atoms with Crippen LogP contribution in [0.4, 0.5) is 0 Å². The van der Waals surface area contributed by atoms with E-state index >= 15 is 0 Å². The van der Waals surface area contributed by atoms with Crippen molar-refractivity contribution in [3.8, 4) is 6.07 Å². The molecular weight excluding hydrogens is 234 g/mol. The van der Waals surface area contributed by atoms with Crippen LogP contribution in [0, 0.1) is 22.7 Å². The van der Waals surface area contributed by atoms with Crippen molar-refractivity contribution in [1.29, 1.82) is 5.26 Å². The zero-order valence-corrected chi connectivity index (χ0v) is 12.2. The fraction of sp³-hybridized carbons (Fsp3) is 0.625. The number of nitrogens with zero attached hydrogens (tertiary/aromatic N) is 3. The predicted molar refractivity (Wildman–Crippen MR) is 76.4 cm³/mol. The Labute approximate surface area is 116 Å². The summed E-state index contributed by atoms with van der Waals surface area (Å²) in [6, 6.07) is 6.01. The Morgan fingerprint density at radius 2 is 2.05 bits per heavy atom. The molecule has 0 aromatic carbocycles. The monoisotopic (exact) mass is 257 g/mol. The Bertz CT molecular complexity index is 460. The van der Waals surface area contributed by atoms with Crippen LogP contribution < -0.4 is 0 Å². The topological polar surface area (TPSA) is 39.9 Å². The molecule has 2 heterocycles. The summed E-state index contributed by atoms with van der Waals surface area (Å²) in [5, 5.41) is 8.87. The Kier molecular flexibility index (Phi) is 4.21. The Morgan fingerprint density at radius 1 is 1.37 bits per heavy atom. The first-order valence-electron chi connectivity index (χ1n) is 7.06. The first-order valence-corrected chi connectivity index (χ1v) is 7.06. The van der Waals surface area contributed by atoms with Crippen molar-refractivity contribution in [3.05, 3.63) is 29.6 Å². The summed E-state index contributed by atoms with van der Waals surface area (Å²) >= 11 is 0. The zero-order valence-electron chi connectivity index (χ0n) is 12.2. The van der Waals surface area contributed by atoms with Crippen LogP contribution in [0.2, 0.25) is 0 Å². The van der Waals surface area contributed by atoms with Gasteiger partial charge < -0.3 is 0 Å². The van der Waals surface area contributed by atoms with Gasteiger partial charge in [-0.15, -0.1) is 0 Å². The normalized spacial score (nSPS) is 18.2. The van der Waals surface area contributed by atoms with E-state index < -0.39 is 0 Å². The van der Waals surface area contributed by atoms with Gasteiger partial charge in [-0.25, -0.2) is 4.98 Å². The van der Waals surface area contributed by atoms with E-state index in [-0.39, 0.29) is 0 Å². The Balaban J connectivity index is 1.91. The number of nitriles is 1. The van der Waals surface area contributed by atoms with Gasteiger partial charge >= 0.3 is 0 Å². The van der Waals surface area contributed by atoms with Crippen LogP contribution in [0.1, 0.15) is 44.9 Å². The van der Waals surface area contributed by atoms with E-state index in [1.807, 2.05) is 12.1 Å². The van der Waals surface area contributed by atoms with Gasteiger partial charge in [-0.1, -0.05) is 20.8 Å². The summed E-state index contributed by atoms with van der Waals surface area (Å²) in [4.78, 5) is 6.50. The molecule has 2 rings (SSSR count). The molecule has 1 aliphatic rings. The molecule has 3 heteroatoms. The molecule has 0 atom stereocenters. The van der Waals surface area contributed by atoms with Crippen molar-refractivity contribution >= 4 is 0 Å². The molecule has 0 saturated carbocycles. The van der Waals surface area contributed by atoms with E-state index in [1.54, 1.807) is 6.20 Å². The minimum absolute atomic E-state index is 0.427. The second-order valence-electron chi connectivity index (χ2n) is 6.58. The molecular formula is C16H23N3. The molecule has 0 spiro atoms. The van der Waals surface area contributed by atoms with Gasteiger partial charge in [-0.2, -0.15) is 5.26 Å². The highest BCUT2D eigenvalue weighted by Gasteiger charge is 2.28. The summed E-state index contributed by atoms with van der Waals surface area (Å²) in [5.74, 6) is 0.829. The van der Waals surface area contributed by atoms with E-state index in [0.29, 0.717) is 11.1 Å². The average Bonchev–Trinajstić information content (AvgIpc) is 2.38. The lowest BCUT2D eigenvalue weighted by Gasteiger charge is -2.38. The lowest BCUT2D eigenvalue weighted by atomic mass is 9.75. The van der Waals surface area contributed by atoms with E-state index in [4.69, 9.17) is 5.26 Å². The maximum absolute atomic E-state index is 8.87. The molecule has 0 amide bonds. The SMILES string of the molecule is CC(C)(C)C1CCN(Cc2ccnc(C#N)c2)CC1. The summed E-state index contributed by atoms with van der Waals surface area (Å²) in [6.07, 6.45) is 4.29. The third kappa shape index (κ3) is 3.78. The first-order chi connectivity index (χ1) is 8.99. The predicted octanol–water partition coefficient (Wildman–Crippen LogP) is 3.21. The van der Waals surface area contributed by atoms with Crippen LogP contribution in [0.3, 0.4) is 0 Å². The molecule has 0 radical (unpaired) electrons. The van der Waals surface area contributed by atoms with E-state index in [1.165, 1.54) is 18.4 Å². The van der Waals surface area contributed by atoms with Gasteiger partial charge in [0.15, 0.2) is 0 Å². The molecule has 0 bridgehead atoms. The average molecular weight is 257 g/mol. The number of rotatable bonds is 2. The number of piperidine rings is 1. The minimum Gasteiger partial charge on any atom is -0.299 e. The fourth-order valence-electron chi connectivity index (χ4n) is 2.85. The third-order valence-corrected chi connectivity index (χ3v) is 4.16. The summed E-state index contributed by atoms with van der Waals surface area (Å²) in [7, 11) is 0. The maximum atomic E-state index is 8.87. The molecule has 102 valence electrons. The molecule has 19 heavy (non-hydrogen) atoms. The number of hydrogen-bond donors (Lipinski definition) is 0. The van der Waals surface area contributed by atoms with Gasteiger partial charge in [-0.3, -0.25) is 4.90 Å². The van der Waals surface area contributed by atoms with E-state index in [9.17, 15) is 0 Å². The Morgan fingerprint density at radius 3 is 2.63 bits per heavy atom. The van der Waals surface area contributed by atoms with Gasteiger partial charge in [0.1, 0.15) is 11.8 Å². The van der Waals surface area contributed by atoms with E-state index in [0.717, 1.165) is 25.6 Å². The maximum Gasteiger partial charge on any atom is 0.140 e. The smallest absolute Gasteiger partial charge is 0.140 e. The lowest BCUT2D eigenvalue weighted by molar-refractivity contribution is 0.108. The standard InChI is InChI=1S/C16H23N3/c1-16(2,3)14-5-8-19(9-6-14)12-13-4-7-18-15(10-13)11-17/h4,7,10,14H,5-6,8-9,12H2,1-3H3. The van der Waals surface area contributed by atoms with Gasteiger partial charge in [0.2, 0.25) is 0 Å². The number of hydrogen-bond acceptors (Lipinski definition) is 3. The van der Waals surface area contributed by atoms with Crippen molar-refractivity contribution in [2.24, 2.45) is 11.3 Å². The number of likely N-dealkylation sites (tertiary alicyclic amines) is 1. The largest absolute Gasteiger partial charge is 0.299 e. The first kappa shape index (κ1) is 14.0. The second kappa shape index (κ2) is 5.71. The lowest BCUT2D eigenvalue weighted by Crippen LogP contribution is -2.37.